The highest BCUT2D eigenvalue weighted by molar-refractivity contribution is 6.10. The largest absolute Gasteiger partial charge is 0.465 e. The number of nitrogens with one attached hydrogen (secondary N) is 1. The van der Waals surface area contributed by atoms with E-state index in [0.29, 0.717) is 5.56 Å². The quantitative estimate of drug-likeness (QED) is 0.434. The summed E-state index contributed by atoms with van der Waals surface area (Å²) in [6.07, 6.45) is 5.11. The molecule has 0 unspecified atom stereocenters. The van der Waals surface area contributed by atoms with Crippen molar-refractivity contribution < 1.29 is 28.4 Å². The Morgan fingerprint density at radius 2 is 1.62 bits per heavy atom. The summed E-state index contributed by atoms with van der Waals surface area (Å²) in [4.78, 5) is 35.4. The Labute approximate surface area is 167 Å². The number of hydrogen-bond acceptors (Lipinski definition) is 8. The number of carbonyl (C=O) groups excluding carboxylic acids is 2. The molecule has 1 aliphatic carbocycles. The van der Waals surface area contributed by atoms with Gasteiger partial charge >= 0.3 is 11.9 Å². The first-order valence-corrected chi connectivity index (χ1v) is 9.31. The van der Waals surface area contributed by atoms with Gasteiger partial charge in [-0.15, -0.1) is 0 Å². The van der Waals surface area contributed by atoms with Crippen molar-refractivity contribution in [1.29, 1.82) is 0 Å². The van der Waals surface area contributed by atoms with E-state index >= 15 is 0 Å². The molecule has 0 bridgehead atoms. The molecule has 3 rings (SSSR count). The monoisotopic (exact) mass is 402 g/mol. The van der Waals surface area contributed by atoms with Crippen LogP contribution in [0.25, 0.3) is 11.3 Å². The third kappa shape index (κ3) is 4.23. The minimum atomic E-state index is -0.765. The predicted octanol–water partition coefficient (Wildman–Crippen LogP) is 4.17. The highest BCUT2D eigenvalue weighted by Crippen LogP contribution is 2.37. The van der Waals surface area contributed by atoms with Gasteiger partial charge in [0.15, 0.2) is 5.76 Å². The lowest BCUT2D eigenvalue weighted by Crippen LogP contribution is -2.23. The van der Waals surface area contributed by atoms with Crippen molar-refractivity contribution in [3.8, 4) is 11.3 Å². The lowest BCUT2D eigenvalue weighted by atomic mass is 9.95. The molecule has 154 valence electrons. The zero-order valence-electron chi connectivity index (χ0n) is 16.2. The summed E-state index contributed by atoms with van der Waals surface area (Å²) < 4.78 is 15.6. The van der Waals surface area contributed by atoms with Crippen molar-refractivity contribution in [3.05, 3.63) is 45.5 Å². The number of non-ortho nitro benzene ring substituents is 1. The number of carbonyl (C=O) groups is 2. The molecular weight excluding hydrogens is 380 g/mol. The van der Waals surface area contributed by atoms with E-state index in [4.69, 9.17) is 13.9 Å². The summed E-state index contributed by atoms with van der Waals surface area (Å²) in [5.74, 6) is -1.28. The van der Waals surface area contributed by atoms with E-state index in [1.54, 1.807) is 0 Å². The Balaban J connectivity index is 2.11. The predicted molar refractivity (Wildman–Crippen MR) is 104 cm³/mol. The van der Waals surface area contributed by atoms with E-state index in [0.717, 1.165) is 32.1 Å². The zero-order chi connectivity index (χ0) is 21.0. The fourth-order valence-electron chi connectivity index (χ4n) is 3.50. The van der Waals surface area contributed by atoms with Crippen molar-refractivity contribution >= 4 is 23.5 Å². The summed E-state index contributed by atoms with van der Waals surface area (Å²) in [6.45, 7) is 0. The average molecular weight is 402 g/mol. The zero-order valence-corrected chi connectivity index (χ0v) is 16.2. The van der Waals surface area contributed by atoms with Crippen molar-refractivity contribution in [2.75, 3.05) is 19.5 Å². The highest BCUT2D eigenvalue weighted by Gasteiger charge is 2.33. The Morgan fingerprint density at radius 1 is 1.03 bits per heavy atom. The molecule has 0 spiro atoms. The van der Waals surface area contributed by atoms with Gasteiger partial charge < -0.3 is 19.2 Å². The number of benzene rings is 1. The van der Waals surface area contributed by atoms with Gasteiger partial charge in [-0.2, -0.15) is 0 Å². The number of ether oxygens (including phenoxy) is 2. The number of nitro benzene ring substituents is 1. The van der Waals surface area contributed by atoms with Crippen LogP contribution in [0.2, 0.25) is 0 Å². The molecule has 9 heteroatoms. The fourth-order valence-corrected chi connectivity index (χ4v) is 3.50. The molecule has 0 saturated heterocycles. The number of furan rings is 1. The van der Waals surface area contributed by atoms with Crippen LogP contribution in [-0.4, -0.2) is 37.1 Å². The van der Waals surface area contributed by atoms with Crippen LogP contribution < -0.4 is 5.32 Å². The maximum Gasteiger partial charge on any atom is 0.344 e. The van der Waals surface area contributed by atoms with E-state index in [9.17, 15) is 19.7 Å². The molecule has 0 radical (unpaired) electrons. The van der Waals surface area contributed by atoms with Crippen LogP contribution >= 0.6 is 0 Å². The number of methoxy groups -OCH3 is 2. The minimum Gasteiger partial charge on any atom is -0.465 e. The first kappa shape index (κ1) is 20.4. The first-order valence-electron chi connectivity index (χ1n) is 9.31. The molecule has 9 nitrogen and oxygen atoms in total. The van der Waals surface area contributed by atoms with Crippen molar-refractivity contribution in [3.63, 3.8) is 0 Å². The maximum absolute atomic E-state index is 12.5. The van der Waals surface area contributed by atoms with E-state index in [1.165, 1.54) is 38.5 Å². The second kappa shape index (κ2) is 8.76. The highest BCUT2D eigenvalue weighted by atomic mass is 16.6. The normalized spacial score (nSPS) is 14.3. The second-order valence-electron chi connectivity index (χ2n) is 6.78. The number of anilines is 1. The van der Waals surface area contributed by atoms with E-state index in [1.807, 2.05) is 0 Å². The smallest absolute Gasteiger partial charge is 0.344 e. The van der Waals surface area contributed by atoms with Gasteiger partial charge in [0.1, 0.15) is 11.1 Å². The van der Waals surface area contributed by atoms with Gasteiger partial charge in [-0.25, -0.2) is 9.59 Å². The van der Waals surface area contributed by atoms with Crippen molar-refractivity contribution in [2.24, 2.45) is 0 Å². The summed E-state index contributed by atoms with van der Waals surface area (Å²) in [5, 5.41) is 14.1. The molecule has 2 aromatic rings. The Morgan fingerprint density at radius 3 is 2.17 bits per heavy atom. The minimum absolute atomic E-state index is 0.0433. The summed E-state index contributed by atoms with van der Waals surface area (Å²) in [5.41, 5.74) is 0.177. The third-order valence-electron chi connectivity index (χ3n) is 4.97. The van der Waals surface area contributed by atoms with Gasteiger partial charge in [0.05, 0.1) is 19.1 Å². The Bertz CT molecular complexity index is 912. The van der Waals surface area contributed by atoms with E-state index in [-0.39, 0.29) is 34.5 Å². The number of nitrogens with zero attached hydrogens (tertiary/aromatic N) is 1. The van der Waals surface area contributed by atoms with Gasteiger partial charge in [0, 0.05) is 23.7 Å². The average Bonchev–Trinajstić information content (AvgIpc) is 3.12. The molecule has 1 heterocycles. The standard InChI is InChI=1S/C20H22N2O7/c1-27-19(23)15-16(20(24)28-2)18(21-13-6-4-3-5-7-13)29-17(15)12-8-10-14(11-9-12)22(25)26/h8-11,13,21H,3-7H2,1-2H3. The number of nitro groups is 1. The van der Waals surface area contributed by atoms with Gasteiger partial charge in [-0.3, -0.25) is 10.1 Å². The van der Waals surface area contributed by atoms with Gasteiger partial charge in [-0.1, -0.05) is 19.3 Å². The van der Waals surface area contributed by atoms with Crippen LogP contribution in [0, 0.1) is 10.1 Å². The van der Waals surface area contributed by atoms with Crippen LogP contribution in [-0.2, 0) is 9.47 Å². The van der Waals surface area contributed by atoms with Crippen LogP contribution in [0.4, 0.5) is 11.6 Å². The fraction of sp³-hybridized carbons (Fsp3) is 0.400. The third-order valence-corrected chi connectivity index (χ3v) is 4.97. The summed E-state index contributed by atoms with van der Waals surface area (Å²) in [6, 6.07) is 5.60. The second-order valence-corrected chi connectivity index (χ2v) is 6.78. The summed E-state index contributed by atoms with van der Waals surface area (Å²) in [7, 11) is 2.41. The van der Waals surface area contributed by atoms with Crippen LogP contribution in [0.15, 0.2) is 28.7 Å². The van der Waals surface area contributed by atoms with Crippen LogP contribution in [0.3, 0.4) is 0 Å². The SMILES string of the molecule is COC(=O)c1c(NC2CCCCC2)oc(-c2ccc([N+](=O)[O-])cc2)c1C(=O)OC. The molecule has 1 aromatic heterocycles. The molecule has 1 aromatic carbocycles. The Hall–Kier alpha value is -3.36. The molecule has 1 fully saturated rings. The molecular formula is C20H22N2O7. The van der Waals surface area contributed by atoms with Gasteiger partial charge in [-0.05, 0) is 25.0 Å². The van der Waals surface area contributed by atoms with Crippen LogP contribution in [0.5, 0.6) is 0 Å². The molecule has 1 N–H and O–H groups in total. The Kier molecular flexibility index (Phi) is 6.16. The number of rotatable bonds is 6. The first-order chi connectivity index (χ1) is 14.0. The lowest BCUT2D eigenvalue weighted by Gasteiger charge is -2.22. The molecule has 1 saturated carbocycles. The van der Waals surface area contributed by atoms with Gasteiger partial charge in [0.25, 0.3) is 5.69 Å². The summed E-state index contributed by atoms with van der Waals surface area (Å²) >= 11 is 0. The molecule has 29 heavy (non-hydrogen) atoms. The number of hydrogen-bond donors (Lipinski definition) is 1. The molecule has 0 amide bonds. The molecule has 0 atom stereocenters. The van der Waals surface area contributed by atoms with Gasteiger partial charge in [0.2, 0.25) is 5.88 Å². The number of esters is 2. The molecule has 1 aliphatic rings. The molecule has 0 aliphatic heterocycles. The van der Waals surface area contributed by atoms with Crippen molar-refractivity contribution in [1.82, 2.24) is 0 Å². The van der Waals surface area contributed by atoms with E-state index in [2.05, 4.69) is 5.32 Å². The van der Waals surface area contributed by atoms with Crippen LogP contribution in [0.1, 0.15) is 52.8 Å². The topological polar surface area (TPSA) is 121 Å². The lowest BCUT2D eigenvalue weighted by molar-refractivity contribution is -0.384. The maximum atomic E-state index is 12.5. The van der Waals surface area contributed by atoms with E-state index < -0.39 is 16.9 Å². The van der Waals surface area contributed by atoms with Crippen molar-refractivity contribution in [2.45, 2.75) is 38.1 Å².